The van der Waals surface area contributed by atoms with E-state index in [-0.39, 0.29) is 5.92 Å². The highest BCUT2D eigenvalue weighted by Crippen LogP contribution is 2.29. The Morgan fingerprint density at radius 3 is 2.81 bits per heavy atom. The van der Waals surface area contributed by atoms with E-state index >= 15 is 0 Å². The molecule has 16 heavy (non-hydrogen) atoms. The summed E-state index contributed by atoms with van der Waals surface area (Å²) < 4.78 is 2.04. The second kappa shape index (κ2) is 4.28. The van der Waals surface area contributed by atoms with Gasteiger partial charge in [-0.2, -0.15) is 0 Å². The molecule has 0 N–H and O–H groups in total. The summed E-state index contributed by atoms with van der Waals surface area (Å²) >= 11 is 0. The number of carbonyl (C=O) groups is 1. The van der Waals surface area contributed by atoms with E-state index in [0.717, 1.165) is 19.4 Å². The number of aromatic nitrogens is 2. The lowest BCUT2D eigenvalue weighted by Crippen LogP contribution is -2.22. The summed E-state index contributed by atoms with van der Waals surface area (Å²) in [5.74, 6) is 0.937. The molecule has 1 amide bonds. The maximum atomic E-state index is 11.9. The van der Waals surface area contributed by atoms with Gasteiger partial charge in [-0.05, 0) is 18.8 Å². The third kappa shape index (κ3) is 1.84. The molecule has 0 unspecified atom stereocenters. The first-order chi connectivity index (χ1) is 7.63. The number of carbonyl (C=O) groups excluding carboxylic acids is 1. The number of nitrogens with zero attached hydrogens (tertiary/aromatic N) is 3. The van der Waals surface area contributed by atoms with Gasteiger partial charge in [-0.15, -0.1) is 0 Å². The van der Waals surface area contributed by atoms with Gasteiger partial charge in [0.2, 0.25) is 5.91 Å². The Hall–Kier alpha value is -1.32. The highest BCUT2D eigenvalue weighted by atomic mass is 16.2. The van der Waals surface area contributed by atoms with E-state index in [1.165, 1.54) is 5.69 Å². The summed E-state index contributed by atoms with van der Waals surface area (Å²) in [6.07, 6.45) is 5.60. The van der Waals surface area contributed by atoms with Crippen LogP contribution in [0.5, 0.6) is 0 Å². The van der Waals surface area contributed by atoms with Crippen LogP contribution in [0.15, 0.2) is 12.5 Å². The molecule has 2 heterocycles. The van der Waals surface area contributed by atoms with E-state index in [2.05, 4.69) is 11.9 Å². The minimum Gasteiger partial charge on any atom is -0.345 e. The number of imidazole rings is 1. The average molecular weight is 221 g/mol. The van der Waals surface area contributed by atoms with E-state index in [0.29, 0.717) is 11.8 Å². The largest absolute Gasteiger partial charge is 0.345 e. The van der Waals surface area contributed by atoms with E-state index < -0.39 is 0 Å². The SMILES string of the molecule is CC[C@@H]1C(=O)N(C)C[C@@H]1Cc1cncn1C. The van der Waals surface area contributed by atoms with Crippen molar-refractivity contribution in [3.8, 4) is 0 Å². The molecule has 2 rings (SSSR count). The van der Waals surface area contributed by atoms with Gasteiger partial charge in [0, 0.05) is 38.4 Å². The van der Waals surface area contributed by atoms with Crippen LogP contribution in [-0.4, -0.2) is 34.0 Å². The van der Waals surface area contributed by atoms with Crippen molar-refractivity contribution in [3.05, 3.63) is 18.2 Å². The van der Waals surface area contributed by atoms with Gasteiger partial charge in [0.05, 0.1) is 6.33 Å². The van der Waals surface area contributed by atoms with Crippen molar-refractivity contribution >= 4 is 5.91 Å². The standard InChI is InChI=1S/C12H19N3O/c1-4-11-9(7-14(2)12(11)16)5-10-6-13-8-15(10)3/h6,8-9,11H,4-5,7H2,1-3H3/t9-,11-/m0/s1. The van der Waals surface area contributed by atoms with Crippen LogP contribution < -0.4 is 0 Å². The summed E-state index contributed by atoms with van der Waals surface area (Å²) in [6.45, 7) is 2.97. The Labute approximate surface area is 96.3 Å². The zero-order valence-corrected chi connectivity index (χ0v) is 10.2. The molecule has 1 fully saturated rings. The van der Waals surface area contributed by atoms with Crippen molar-refractivity contribution in [1.82, 2.24) is 14.5 Å². The van der Waals surface area contributed by atoms with Crippen molar-refractivity contribution in [3.63, 3.8) is 0 Å². The molecule has 4 heteroatoms. The average Bonchev–Trinajstić information content (AvgIpc) is 2.75. The fourth-order valence-electron chi connectivity index (χ4n) is 2.62. The van der Waals surface area contributed by atoms with Gasteiger partial charge in [-0.1, -0.05) is 6.92 Å². The van der Waals surface area contributed by atoms with E-state index in [1.54, 1.807) is 0 Å². The molecule has 1 saturated heterocycles. The second-order valence-electron chi connectivity index (χ2n) is 4.69. The van der Waals surface area contributed by atoms with Crippen LogP contribution in [0, 0.1) is 11.8 Å². The third-order valence-electron chi connectivity index (χ3n) is 3.60. The third-order valence-corrected chi connectivity index (χ3v) is 3.60. The highest BCUT2D eigenvalue weighted by Gasteiger charge is 2.37. The molecule has 0 bridgehead atoms. The molecular weight excluding hydrogens is 202 g/mol. The first kappa shape index (κ1) is 11.2. The number of amides is 1. The lowest BCUT2D eigenvalue weighted by atomic mass is 9.89. The molecule has 1 aromatic heterocycles. The van der Waals surface area contributed by atoms with Crippen molar-refractivity contribution in [2.75, 3.05) is 13.6 Å². The van der Waals surface area contributed by atoms with E-state index in [4.69, 9.17) is 0 Å². The van der Waals surface area contributed by atoms with Crippen molar-refractivity contribution in [2.45, 2.75) is 19.8 Å². The lowest BCUT2D eigenvalue weighted by molar-refractivity contribution is -0.130. The molecule has 0 radical (unpaired) electrons. The Bertz CT molecular complexity index is 385. The Morgan fingerprint density at radius 1 is 1.50 bits per heavy atom. The highest BCUT2D eigenvalue weighted by molar-refractivity contribution is 5.81. The van der Waals surface area contributed by atoms with E-state index in [1.807, 2.05) is 36.1 Å². The normalized spacial score (nSPS) is 25.4. The summed E-state index contributed by atoms with van der Waals surface area (Å²) in [5.41, 5.74) is 1.21. The van der Waals surface area contributed by atoms with Gasteiger partial charge in [0.15, 0.2) is 0 Å². The molecule has 88 valence electrons. The summed E-state index contributed by atoms with van der Waals surface area (Å²) in [5, 5.41) is 0. The molecule has 2 atom stereocenters. The molecule has 0 spiro atoms. The van der Waals surface area contributed by atoms with Crippen LogP contribution in [-0.2, 0) is 18.3 Å². The maximum absolute atomic E-state index is 11.9. The first-order valence-corrected chi connectivity index (χ1v) is 5.83. The number of likely N-dealkylation sites (tertiary alicyclic amines) is 1. The maximum Gasteiger partial charge on any atom is 0.225 e. The van der Waals surface area contributed by atoms with Crippen LogP contribution in [0.3, 0.4) is 0 Å². The molecule has 1 aromatic rings. The predicted octanol–water partition coefficient (Wildman–Crippen LogP) is 1.08. The van der Waals surface area contributed by atoms with Crippen LogP contribution in [0.1, 0.15) is 19.0 Å². The zero-order chi connectivity index (χ0) is 11.7. The molecule has 0 aromatic carbocycles. The van der Waals surface area contributed by atoms with Gasteiger partial charge in [-0.25, -0.2) is 4.98 Å². The van der Waals surface area contributed by atoms with Gasteiger partial charge in [-0.3, -0.25) is 4.79 Å². The number of hydrogen-bond donors (Lipinski definition) is 0. The van der Waals surface area contributed by atoms with E-state index in [9.17, 15) is 4.79 Å². The van der Waals surface area contributed by atoms with Gasteiger partial charge >= 0.3 is 0 Å². The Morgan fingerprint density at radius 2 is 2.25 bits per heavy atom. The summed E-state index contributed by atoms with van der Waals surface area (Å²) in [4.78, 5) is 17.8. The first-order valence-electron chi connectivity index (χ1n) is 5.83. The summed E-state index contributed by atoms with van der Waals surface area (Å²) in [6, 6.07) is 0. The minimum absolute atomic E-state index is 0.194. The second-order valence-corrected chi connectivity index (χ2v) is 4.69. The quantitative estimate of drug-likeness (QED) is 0.766. The van der Waals surface area contributed by atoms with Crippen LogP contribution >= 0.6 is 0 Å². The lowest BCUT2D eigenvalue weighted by Gasteiger charge is -2.14. The monoisotopic (exact) mass is 221 g/mol. The molecule has 1 aliphatic rings. The molecule has 4 nitrogen and oxygen atoms in total. The number of aryl methyl sites for hydroxylation is 1. The summed E-state index contributed by atoms with van der Waals surface area (Å²) in [7, 11) is 3.90. The Balaban J connectivity index is 2.11. The smallest absolute Gasteiger partial charge is 0.225 e. The molecule has 0 saturated carbocycles. The zero-order valence-electron chi connectivity index (χ0n) is 10.2. The Kier molecular flexibility index (Phi) is 2.99. The number of rotatable bonds is 3. The molecule has 1 aliphatic heterocycles. The fraction of sp³-hybridized carbons (Fsp3) is 0.667. The van der Waals surface area contributed by atoms with Crippen molar-refractivity contribution in [2.24, 2.45) is 18.9 Å². The van der Waals surface area contributed by atoms with Gasteiger partial charge in [0.25, 0.3) is 0 Å². The van der Waals surface area contributed by atoms with Gasteiger partial charge in [0.1, 0.15) is 0 Å². The minimum atomic E-state index is 0.194. The van der Waals surface area contributed by atoms with Crippen LogP contribution in [0.4, 0.5) is 0 Å². The van der Waals surface area contributed by atoms with Crippen LogP contribution in [0.25, 0.3) is 0 Å². The topological polar surface area (TPSA) is 38.1 Å². The van der Waals surface area contributed by atoms with Crippen LogP contribution in [0.2, 0.25) is 0 Å². The fourth-order valence-corrected chi connectivity index (χ4v) is 2.62. The molecular formula is C12H19N3O. The van der Waals surface area contributed by atoms with Crippen molar-refractivity contribution < 1.29 is 4.79 Å². The predicted molar refractivity (Wildman–Crippen MR) is 61.8 cm³/mol. The molecule has 0 aliphatic carbocycles. The van der Waals surface area contributed by atoms with Crippen molar-refractivity contribution in [1.29, 1.82) is 0 Å². The number of hydrogen-bond acceptors (Lipinski definition) is 2. The van der Waals surface area contributed by atoms with Gasteiger partial charge < -0.3 is 9.47 Å².